The molecule has 2 rings (SSSR count). The zero-order chi connectivity index (χ0) is 16.3. The minimum atomic E-state index is -4.36. The van der Waals surface area contributed by atoms with Crippen LogP contribution in [0.1, 0.15) is 16.1 Å². The van der Waals surface area contributed by atoms with Crippen LogP contribution in [0.15, 0.2) is 24.3 Å². The Balaban J connectivity index is 2.13. The van der Waals surface area contributed by atoms with E-state index < -0.39 is 11.7 Å². The number of alkyl halides is 3. The molecule has 0 bridgehead atoms. The Morgan fingerprint density at radius 1 is 1.23 bits per heavy atom. The number of hydrogen-bond donors (Lipinski definition) is 2. The first-order chi connectivity index (χ1) is 10.3. The van der Waals surface area contributed by atoms with Crippen molar-refractivity contribution in [1.82, 2.24) is 10.4 Å². The first-order valence-corrected chi connectivity index (χ1v) is 7.04. The predicted molar refractivity (Wildman–Crippen MR) is 72.4 cm³/mol. The maximum absolute atomic E-state index is 12.5. The van der Waals surface area contributed by atoms with E-state index in [0.717, 1.165) is 22.7 Å². The summed E-state index contributed by atoms with van der Waals surface area (Å²) in [5, 5.41) is 17.1. The van der Waals surface area contributed by atoms with E-state index >= 15 is 0 Å². The van der Waals surface area contributed by atoms with Gasteiger partial charge in [-0.3, -0.25) is 15.3 Å². The Kier molecular flexibility index (Phi) is 5.14. The van der Waals surface area contributed by atoms with Crippen LogP contribution >= 0.6 is 11.3 Å². The Bertz CT molecular complexity index is 626. The smallest absolute Gasteiger partial charge is 0.266 e. The topological polar surface area (TPSA) is 65.8 Å². The number of nitrogens with zero attached hydrogens (tertiary/aromatic N) is 2. The van der Waals surface area contributed by atoms with Crippen LogP contribution in [0.2, 0.25) is 0 Å². The lowest BCUT2D eigenvalue weighted by Crippen LogP contribution is -2.16. The second kappa shape index (κ2) is 6.71. The molecule has 0 fully saturated rings. The van der Waals surface area contributed by atoms with Gasteiger partial charge in [-0.15, -0.1) is 11.3 Å². The number of aromatic nitrogens is 1. The number of aryl methyl sites for hydroxylation is 1. The van der Waals surface area contributed by atoms with E-state index in [1.165, 1.54) is 23.5 Å². The van der Waals surface area contributed by atoms with Gasteiger partial charge in [-0.25, -0.2) is 4.98 Å². The van der Waals surface area contributed by atoms with Crippen LogP contribution in [-0.4, -0.2) is 27.4 Å². The van der Waals surface area contributed by atoms with Gasteiger partial charge in [0.05, 0.1) is 23.3 Å². The largest absolute Gasteiger partial charge is 0.416 e. The van der Waals surface area contributed by atoms with Crippen molar-refractivity contribution in [1.29, 1.82) is 0 Å². The molecule has 0 unspecified atom stereocenters. The third-order valence-electron chi connectivity index (χ3n) is 2.89. The summed E-state index contributed by atoms with van der Waals surface area (Å²) < 4.78 is 37.6. The van der Waals surface area contributed by atoms with E-state index in [1.807, 2.05) is 0 Å². The highest BCUT2D eigenvalue weighted by Crippen LogP contribution is 2.33. The third kappa shape index (κ3) is 4.24. The molecule has 0 saturated carbocycles. The lowest BCUT2D eigenvalue weighted by molar-refractivity contribution is -0.492. The Hall–Kier alpha value is -1.52. The van der Waals surface area contributed by atoms with Crippen LogP contribution in [0.3, 0.4) is 0 Å². The van der Waals surface area contributed by atoms with E-state index in [0.29, 0.717) is 17.0 Å². The molecular weight excluding hydrogens is 321 g/mol. The predicted octanol–water partition coefficient (Wildman–Crippen LogP) is 3.69. The number of rotatable bonds is 5. The Labute approximate surface area is 128 Å². The Morgan fingerprint density at radius 3 is 2.41 bits per heavy atom. The van der Waals surface area contributed by atoms with Crippen molar-refractivity contribution >= 4 is 11.3 Å². The van der Waals surface area contributed by atoms with Gasteiger partial charge in [0.1, 0.15) is 5.01 Å². The lowest BCUT2D eigenvalue weighted by atomic mass is 10.1. The van der Waals surface area contributed by atoms with Crippen molar-refractivity contribution < 1.29 is 28.4 Å². The number of thiazole rings is 1. The van der Waals surface area contributed by atoms with Crippen molar-refractivity contribution in [2.24, 2.45) is 0 Å². The molecule has 2 aromatic rings. The molecule has 0 amide bonds. The first-order valence-electron chi connectivity index (χ1n) is 6.22. The molecule has 1 heterocycles. The quantitative estimate of drug-likeness (QED) is 0.817. The summed E-state index contributed by atoms with van der Waals surface area (Å²) >= 11 is 1.32. The minimum absolute atomic E-state index is 0.0441. The van der Waals surface area contributed by atoms with Crippen LogP contribution < -0.4 is 0 Å². The second-order valence-electron chi connectivity index (χ2n) is 4.44. The SMILES string of the molecule is Cc1nc(-c2ccc(C(F)(F)F)cc2)sc1CCON(O)O. The molecule has 9 heteroatoms. The second-order valence-corrected chi connectivity index (χ2v) is 5.52. The van der Waals surface area contributed by atoms with Gasteiger partial charge in [0, 0.05) is 16.9 Å². The molecule has 0 aliphatic heterocycles. The molecule has 0 radical (unpaired) electrons. The average Bonchev–Trinajstić information content (AvgIpc) is 2.79. The van der Waals surface area contributed by atoms with Crippen molar-refractivity contribution in [2.45, 2.75) is 19.5 Å². The fraction of sp³-hybridized carbons (Fsp3) is 0.308. The highest BCUT2D eigenvalue weighted by Gasteiger charge is 2.30. The van der Waals surface area contributed by atoms with Crippen LogP contribution in [0.25, 0.3) is 10.6 Å². The van der Waals surface area contributed by atoms with Gasteiger partial charge in [-0.2, -0.15) is 13.2 Å². The number of hydrogen-bond acceptors (Lipinski definition) is 6. The highest BCUT2D eigenvalue weighted by molar-refractivity contribution is 7.15. The van der Waals surface area contributed by atoms with Crippen LogP contribution in [0.5, 0.6) is 0 Å². The fourth-order valence-corrected chi connectivity index (χ4v) is 2.85. The maximum Gasteiger partial charge on any atom is 0.416 e. The molecular formula is C13H13F3N2O3S. The molecule has 120 valence electrons. The maximum atomic E-state index is 12.5. The molecule has 1 aromatic carbocycles. The first kappa shape index (κ1) is 16.8. The third-order valence-corrected chi connectivity index (χ3v) is 4.15. The van der Waals surface area contributed by atoms with E-state index in [4.69, 9.17) is 10.4 Å². The number of benzene rings is 1. The van der Waals surface area contributed by atoms with E-state index in [-0.39, 0.29) is 12.0 Å². The molecule has 0 saturated heterocycles. The molecule has 0 atom stereocenters. The van der Waals surface area contributed by atoms with Gasteiger partial charge in [-0.05, 0) is 19.1 Å². The summed E-state index contributed by atoms with van der Waals surface area (Å²) in [5.41, 5.74) is 0.620. The summed E-state index contributed by atoms with van der Waals surface area (Å²) in [6.45, 7) is 1.82. The van der Waals surface area contributed by atoms with Crippen molar-refractivity contribution in [2.75, 3.05) is 6.61 Å². The van der Waals surface area contributed by atoms with E-state index in [2.05, 4.69) is 9.82 Å². The molecule has 0 aliphatic rings. The molecule has 22 heavy (non-hydrogen) atoms. The molecule has 5 nitrogen and oxygen atoms in total. The van der Waals surface area contributed by atoms with E-state index in [1.54, 1.807) is 6.92 Å². The average molecular weight is 334 g/mol. The standard InChI is InChI=1S/C13H13F3N2O3S/c1-8-11(6-7-21-18(19)20)22-12(17-8)9-2-4-10(5-3-9)13(14,15)16/h2-5,19-20H,6-7H2,1H3. The van der Waals surface area contributed by atoms with E-state index in [9.17, 15) is 13.2 Å². The molecule has 0 spiro atoms. The summed E-state index contributed by atoms with van der Waals surface area (Å²) in [5.74, 6) is 0. The normalized spacial score (nSPS) is 12.1. The summed E-state index contributed by atoms with van der Waals surface area (Å²) in [7, 11) is 0. The fourth-order valence-electron chi connectivity index (χ4n) is 1.81. The minimum Gasteiger partial charge on any atom is -0.266 e. The van der Waals surface area contributed by atoms with Crippen molar-refractivity contribution in [3.05, 3.63) is 40.4 Å². The number of halogens is 3. The Morgan fingerprint density at radius 2 is 1.86 bits per heavy atom. The summed E-state index contributed by atoms with van der Waals surface area (Å²) in [6, 6.07) is 4.80. The van der Waals surface area contributed by atoms with Gasteiger partial charge < -0.3 is 0 Å². The van der Waals surface area contributed by atoms with Crippen LogP contribution in [-0.2, 0) is 17.4 Å². The molecule has 1 aromatic heterocycles. The summed E-state index contributed by atoms with van der Waals surface area (Å²) in [6.07, 6.45) is -3.96. The van der Waals surface area contributed by atoms with Gasteiger partial charge in [0.2, 0.25) is 0 Å². The van der Waals surface area contributed by atoms with Gasteiger partial charge in [0.15, 0.2) is 0 Å². The zero-order valence-corrected chi connectivity index (χ0v) is 12.3. The van der Waals surface area contributed by atoms with Gasteiger partial charge in [0.25, 0.3) is 0 Å². The summed E-state index contributed by atoms with van der Waals surface area (Å²) in [4.78, 5) is 9.64. The van der Waals surface area contributed by atoms with Crippen LogP contribution in [0.4, 0.5) is 13.2 Å². The van der Waals surface area contributed by atoms with Crippen LogP contribution in [0, 0.1) is 6.92 Å². The molecule has 2 N–H and O–H groups in total. The lowest BCUT2D eigenvalue weighted by Gasteiger charge is -2.06. The van der Waals surface area contributed by atoms with Gasteiger partial charge in [-0.1, -0.05) is 12.1 Å². The molecule has 0 aliphatic carbocycles. The zero-order valence-electron chi connectivity index (χ0n) is 11.5. The van der Waals surface area contributed by atoms with Crippen molar-refractivity contribution in [3.63, 3.8) is 0 Å². The van der Waals surface area contributed by atoms with Gasteiger partial charge >= 0.3 is 6.18 Å². The van der Waals surface area contributed by atoms with Crippen molar-refractivity contribution in [3.8, 4) is 10.6 Å². The monoisotopic (exact) mass is 334 g/mol. The highest BCUT2D eigenvalue weighted by atomic mass is 32.1.